The van der Waals surface area contributed by atoms with Gasteiger partial charge in [-0.1, -0.05) is 0 Å². The number of rotatable bonds is 3. The summed E-state index contributed by atoms with van der Waals surface area (Å²) in [6, 6.07) is 5.12. The Morgan fingerprint density at radius 3 is 2.67 bits per heavy atom. The maximum atomic E-state index is 5.93. The fourth-order valence-electron chi connectivity index (χ4n) is 2.66. The molecule has 0 spiro atoms. The number of aromatic amines is 1. The van der Waals surface area contributed by atoms with Crippen LogP contribution in [0, 0.1) is 5.92 Å². The van der Waals surface area contributed by atoms with Crippen LogP contribution >= 0.6 is 0 Å². The van der Waals surface area contributed by atoms with Crippen LogP contribution < -0.4 is 11.1 Å². The fourth-order valence-corrected chi connectivity index (χ4v) is 2.66. The summed E-state index contributed by atoms with van der Waals surface area (Å²) in [4.78, 5) is 3.30. The predicted octanol–water partition coefficient (Wildman–Crippen LogP) is 1.79. The van der Waals surface area contributed by atoms with Gasteiger partial charge < -0.3 is 16.0 Å². The molecular weight excluding hydrogens is 186 g/mol. The Labute approximate surface area is 91.4 Å². The Balaban J connectivity index is 2.01. The average molecular weight is 207 g/mol. The van der Waals surface area contributed by atoms with Gasteiger partial charge in [0.1, 0.15) is 0 Å². The van der Waals surface area contributed by atoms with Crippen molar-refractivity contribution in [1.82, 2.24) is 10.3 Å². The van der Waals surface area contributed by atoms with Crippen molar-refractivity contribution in [3.63, 3.8) is 0 Å². The number of hydrogen-bond donors (Lipinski definition) is 3. The van der Waals surface area contributed by atoms with E-state index in [9.17, 15) is 0 Å². The molecule has 1 saturated carbocycles. The lowest BCUT2D eigenvalue weighted by molar-refractivity contribution is 0.260. The third-order valence-corrected chi connectivity index (χ3v) is 3.56. The molecular formula is C12H21N3. The fraction of sp³-hybridized carbons (Fsp3) is 0.667. The molecule has 3 nitrogen and oxygen atoms in total. The van der Waals surface area contributed by atoms with Gasteiger partial charge in [-0.2, -0.15) is 0 Å². The molecule has 1 atom stereocenters. The Kier molecular flexibility index (Phi) is 3.44. The van der Waals surface area contributed by atoms with Gasteiger partial charge in [0.05, 0.1) is 0 Å². The summed E-state index contributed by atoms with van der Waals surface area (Å²) >= 11 is 0. The molecule has 2 rings (SSSR count). The third kappa shape index (κ3) is 2.41. The van der Waals surface area contributed by atoms with Crippen LogP contribution in [0.15, 0.2) is 18.3 Å². The molecule has 4 N–H and O–H groups in total. The van der Waals surface area contributed by atoms with Crippen molar-refractivity contribution in [2.75, 3.05) is 7.05 Å². The van der Waals surface area contributed by atoms with Gasteiger partial charge in [-0.15, -0.1) is 0 Å². The van der Waals surface area contributed by atoms with E-state index < -0.39 is 0 Å². The molecule has 1 aromatic heterocycles. The molecule has 1 heterocycles. The summed E-state index contributed by atoms with van der Waals surface area (Å²) in [6.07, 6.45) is 6.82. The molecule has 0 bridgehead atoms. The lowest BCUT2D eigenvalue weighted by atomic mass is 9.81. The van der Waals surface area contributed by atoms with Gasteiger partial charge in [-0.3, -0.25) is 0 Å². The monoisotopic (exact) mass is 207 g/mol. The second-order valence-electron chi connectivity index (χ2n) is 4.57. The van der Waals surface area contributed by atoms with Gasteiger partial charge in [0.2, 0.25) is 0 Å². The highest BCUT2D eigenvalue weighted by Crippen LogP contribution is 2.33. The molecule has 1 unspecified atom stereocenters. The highest BCUT2D eigenvalue weighted by Gasteiger charge is 2.26. The molecule has 0 aromatic carbocycles. The van der Waals surface area contributed by atoms with E-state index in [1.165, 1.54) is 31.4 Å². The summed E-state index contributed by atoms with van der Waals surface area (Å²) < 4.78 is 0. The largest absolute Gasteiger partial charge is 0.364 e. The van der Waals surface area contributed by atoms with Crippen molar-refractivity contribution in [3.8, 4) is 0 Å². The zero-order chi connectivity index (χ0) is 10.7. The summed E-state index contributed by atoms with van der Waals surface area (Å²) in [5.74, 6) is 0.730. The number of hydrogen-bond acceptors (Lipinski definition) is 2. The molecule has 1 aliphatic carbocycles. The minimum absolute atomic E-state index is 0.433. The lowest BCUT2D eigenvalue weighted by Gasteiger charge is -2.32. The minimum Gasteiger partial charge on any atom is -0.364 e. The quantitative estimate of drug-likeness (QED) is 0.708. The first-order valence-electron chi connectivity index (χ1n) is 5.87. The normalized spacial score (nSPS) is 28.9. The van der Waals surface area contributed by atoms with Gasteiger partial charge in [-0.05, 0) is 50.8 Å². The molecule has 84 valence electrons. The van der Waals surface area contributed by atoms with Crippen molar-refractivity contribution in [3.05, 3.63) is 24.0 Å². The number of nitrogens with two attached hydrogens (primary N) is 1. The van der Waals surface area contributed by atoms with E-state index in [1.54, 1.807) is 0 Å². The first-order chi connectivity index (χ1) is 7.31. The van der Waals surface area contributed by atoms with E-state index in [4.69, 9.17) is 5.73 Å². The number of nitrogens with one attached hydrogen (secondary N) is 2. The van der Waals surface area contributed by atoms with Crippen LogP contribution in [0.1, 0.15) is 37.4 Å². The molecule has 0 aliphatic heterocycles. The number of aromatic nitrogens is 1. The second-order valence-corrected chi connectivity index (χ2v) is 4.57. The lowest BCUT2D eigenvalue weighted by Crippen LogP contribution is -2.33. The second kappa shape index (κ2) is 4.81. The maximum absolute atomic E-state index is 5.93. The molecule has 0 saturated heterocycles. The topological polar surface area (TPSA) is 53.8 Å². The summed E-state index contributed by atoms with van der Waals surface area (Å²) in [5, 5.41) is 3.42. The standard InChI is InChI=1S/C12H21N3/c1-14-12(11-3-2-8-15-11)9-4-6-10(13)7-5-9/h2-3,8-10,12,14-15H,4-7,13H2,1H3. The molecule has 1 aromatic rings. The van der Waals surface area contributed by atoms with Crippen LogP contribution in [0.3, 0.4) is 0 Å². The van der Waals surface area contributed by atoms with Gasteiger partial charge in [0.25, 0.3) is 0 Å². The van der Waals surface area contributed by atoms with Crippen molar-refractivity contribution in [1.29, 1.82) is 0 Å². The van der Waals surface area contributed by atoms with Gasteiger partial charge in [-0.25, -0.2) is 0 Å². The Hall–Kier alpha value is -0.800. The highest BCUT2D eigenvalue weighted by atomic mass is 14.9. The summed E-state index contributed by atoms with van der Waals surface area (Å²) in [5.41, 5.74) is 7.23. The van der Waals surface area contributed by atoms with Crippen molar-refractivity contribution >= 4 is 0 Å². The van der Waals surface area contributed by atoms with Gasteiger partial charge in [0.15, 0.2) is 0 Å². The molecule has 1 fully saturated rings. The summed E-state index contributed by atoms with van der Waals surface area (Å²) in [6.45, 7) is 0. The van der Waals surface area contributed by atoms with Crippen molar-refractivity contribution in [2.45, 2.75) is 37.8 Å². The predicted molar refractivity (Wildman–Crippen MR) is 62.5 cm³/mol. The van der Waals surface area contributed by atoms with Crippen LogP contribution in [-0.2, 0) is 0 Å². The Bertz CT molecular complexity index is 273. The molecule has 3 heteroatoms. The van der Waals surface area contributed by atoms with E-state index in [-0.39, 0.29) is 0 Å². The van der Waals surface area contributed by atoms with Crippen LogP contribution in [0.2, 0.25) is 0 Å². The SMILES string of the molecule is CNC(c1ccc[nH]1)C1CCC(N)CC1. The maximum Gasteiger partial charge on any atom is 0.0499 e. The first kappa shape index (κ1) is 10.7. The van der Waals surface area contributed by atoms with E-state index in [0.717, 1.165) is 5.92 Å². The number of H-pyrrole nitrogens is 1. The van der Waals surface area contributed by atoms with Crippen LogP contribution in [0.25, 0.3) is 0 Å². The highest BCUT2D eigenvalue weighted by molar-refractivity contribution is 5.10. The van der Waals surface area contributed by atoms with Gasteiger partial charge >= 0.3 is 0 Å². The van der Waals surface area contributed by atoms with E-state index in [1.807, 2.05) is 13.2 Å². The molecule has 15 heavy (non-hydrogen) atoms. The molecule has 0 amide bonds. The minimum atomic E-state index is 0.433. The zero-order valence-corrected chi connectivity index (χ0v) is 9.37. The Morgan fingerprint density at radius 2 is 2.13 bits per heavy atom. The van der Waals surface area contributed by atoms with Crippen LogP contribution in [-0.4, -0.2) is 18.1 Å². The molecule has 1 aliphatic rings. The van der Waals surface area contributed by atoms with E-state index in [2.05, 4.69) is 22.4 Å². The molecule has 0 radical (unpaired) electrons. The van der Waals surface area contributed by atoms with Crippen molar-refractivity contribution < 1.29 is 0 Å². The van der Waals surface area contributed by atoms with Crippen molar-refractivity contribution in [2.24, 2.45) is 11.7 Å². The zero-order valence-electron chi connectivity index (χ0n) is 9.37. The average Bonchev–Trinajstić information content (AvgIpc) is 2.75. The summed E-state index contributed by atoms with van der Waals surface area (Å²) in [7, 11) is 2.04. The Morgan fingerprint density at radius 1 is 1.40 bits per heavy atom. The first-order valence-corrected chi connectivity index (χ1v) is 5.87. The van der Waals surface area contributed by atoms with E-state index >= 15 is 0 Å². The third-order valence-electron chi connectivity index (χ3n) is 3.56. The van der Waals surface area contributed by atoms with Crippen LogP contribution in [0.5, 0.6) is 0 Å². The van der Waals surface area contributed by atoms with E-state index in [0.29, 0.717) is 12.1 Å². The van der Waals surface area contributed by atoms with Gasteiger partial charge in [0, 0.05) is 24.0 Å². The smallest absolute Gasteiger partial charge is 0.0499 e. The van der Waals surface area contributed by atoms with Crippen LogP contribution in [0.4, 0.5) is 0 Å².